The molecule has 0 radical (unpaired) electrons. The molecule has 0 aliphatic carbocycles. The summed E-state index contributed by atoms with van der Waals surface area (Å²) in [6, 6.07) is 9.64. The lowest BCUT2D eigenvalue weighted by Crippen LogP contribution is -2.38. The van der Waals surface area contributed by atoms with Gasteiger partial charge in [-0.1, -0.05) is 50.3 Å². The quantitative estimate of drug-likeness (QED) is 0.404. The zero-order valence-corrected chi connectivity index (χ0v) is 22.4. The van der Waals surface area contributed by atoms with Crippen LogP contribution in [0.2, 0.25) is 0 Å². The number of ether oxygens (including phenoxy) is 2. The fourth-order valence-electron chi connectivity index (χ4n) is 3.19. The molecule has 0 saturated carbocycles. The van der Waals surface area contributed by atoms with Crippen LogP contribution < -0.4 is 5.32 Å². The van der Waals surface area contributed by atoms with Crippen molar-refractivity contribution in [3.8, 4) is 0 Å². The van der Waals surface area contributed by atoms with Crippen LogP contribution in [-0.4, -0.2) is 52.5 Å². The van der Waals surface area contributed by atoms with E-state index < -0.39 is 34.8 Å². The number of hydrogen-bond acceptors (Lipinski definition) is 5. The van der Waals surface area contributed by atoms with Crippen molar-refractivity contribution >= 4 is 18.2 Å². The Morgan fingerprint density at radius 1 is 0.943 bits per heavy atom. The predicted octanol–water partition coefficient (Wildman–Crippen LogP) is 5.77. The number of aliphatic carboxylic acids is 1. The molecule has 0 aliphatic heterocycles. The van der Waals surface area contributed by atoms with Crippen molar-refractivity contribution in [2.24, 2.45) is 5.41 Å². The van der Waals surface area contributed by atoms with Gasteiger partial charge in [0, 0.05) is 25.2 Å². The maximum absolute atomic E-state index is 12.9. The minimum Gasteiger partial charge on any atom is -0.478 e. The van der Waals surface area contributed by atoms with E-state index in [0.29, 0.717) is 19.5 Å². The Kier molecular flexibility index (Phi) is 10.8. The highest BCUT2D eigenvalue weighted by molar-refractivity contribution is 5.86. The summed E-state index contributed by atoms with van der Waals surface area (Å²) in [6.07, 6.45) is 1.37. The van der Waals surface area contributed by atoms with Crippen molar-refractivity contribution in [2.45, 2.75) is 86.0 Å². The van der Waals surface area contributed by atoms with Crippen molar-refractivity contribution < 1.29 is 29.0 Å². The first-order valence-corrected chi connectivity index (χ1v) is 11.9. The second-order valence-electron chi connectivity index (χ2n) is 11.3. The number of carboxylic acids is 1. The van der Waals surface area contributed by atoms with E-state index in [9.17, 15) is 19.5 Å². The summed E-state index contributed by atoms with van der Waals surface area (Å²) < 4.78 is 10.8. The third-order valence-electron chi connectivity index (χ3n) is 4.80. The molecular formula is C27H42N2O6. The van der Waals surface area contributed by atoms with Crippen LogP contribution in [0.15, 0.2) is 42.0 Å². The van der Waals surface area contributed by atoms with Crippen molar-refractivity contribution in [1.29, 1.82) is 0 Å². The van der Waals surface area contributed by atoms with Crippen LogP contribution in [0.3, 0.4) is 0 Å². The van der Waals surface area contributed by atoms with E-state index in [2.05, 4.69) is 5.32 Å². The largest absolute Gasteiger partial charge is 0.478 e. The summed E-state index contributed by atoms with van der Waals surface area (Å²) >= 11 is 0. The summed E-state index contributed by atoms with van der Waals surface area (Å²) in [6.45, 7) is 15.5. The summed E-state index contributed by atoms with van der Waals surface area (Å²) in [4.78, 5) is 38.2. The van der Waals surface area contributed by atoms with Crippen LogP contribution in [0.5, 0.6) is 0 Å². The number of amides is 2. The number of rotatable bonds is 10. The Morgan fingerprint density at radius 2 is 1.51 bits per heavy atom. The molecule has 196 valence electrons. The van der Waals surface area contributed by atoms with Gasteiger partial charge < -0.3 is 24.8 Å². The number of carboxylic acid groups (broad SMARTS) is 1. The predicted molar refractivity (Wildman–Crippen MR) is 136 cm³/mol. The molecule has 0 saturated heterocycles. The highest BCUT2D eigenvalue weighted by atomic mass is 16.6. The maximum atomic E-state index is 12.9. The van der Waals surface area contributed by atoms with Gasteiger partial charge in [0.15, 0.2) is 0 Å². The molecule has 8 heteroatoms. The average Bonchev–Trinajstić information content (AvgIpc) is 2.68. The van der Waals surface area contributed by atoms with Crippen LogP contribution in [0.4, 0.5) is 9.59 Å². The Morgan fingerprint density at radius 3 is 2.03 bits per heavy atom. The van der Waals surface area contributed by atoms with Gasteiger partial charge in [-0.25, -0.2) is 14.4 Å². The molecule has 1 aromatic carbocycles. The minimum absolute atomic E-state index is 0.140. The van der Waals surface area contributed by atoms with E-state index in [1.807, 2.05) is 65.0 Å². The first kappa shape index (κ1) is 30.0. The number of allylic oxidation sites excluding steroid dienone is 1. The molecule has 1 aromatic rings. The van der Waals surface area contributed by atoms with Gasteiger partial charge in [0.25, 0.3) is 0 Å². The number of hydrogen-bond donors (Lipinski definition) is 2. The second-order valence-corrected chi connectivity index (χ2v) is 11.3. The standard InChI is InChI=1S/C27H42N2O6/c1-25(2,3)34-23(32)28-16-14-21(22(30)31)18-27(7,8)15-17-29(24(33)35-26(4,5)6)19-20-12-10-9-11-13-20/h9-13,18H,14-17,19H2,1-8H3,(H,28,32)(H,30,31)/b21-18-. The molecule has 0 aliphatic rings. The van der Waals surface area contributed by atoms with Gasteiger partial charge in [0.1, 0.15) is 11.2 Å². The van der Waals surface area contributed by atoms with Crippen molar-refractivity contribution in [2.75, 3.05) is 13.1 Å². The fourth-order valence-corrected chi connectivity index (χ4v) is 3.19. The normalized spacial score (nSPS) is 12.6. The third kappa shape index (κ3) is 13.4. The lowest BCUT2D eigenvalue weighted by molar-refractivity contribution is -0.132. The highest BCUT2D eigenvalue weighted by Gasteiger charge is 2.26. The highest BCUT2D eigenvalue weighted by Crippen LogP contribution is 2.26. The van der Waals surface area contributed by atoms with E-state index >= 15 is 0 Å². The Balaban J connectivity index is 2.87. The fraction of sp³-hybridized carbons (Fsp3) is 0.593. The SMILES string of the molecule is CC(C)(/C=C(/CCNC(=O)OC(C)(C)C)C(=O)O)CCN(Cc1ccccc1)C(=O)OC(C)(C)C. The molecule has 8 nitrogen and oxygen atoms in total. The van der Waals surface area contributed by atoms with Crippen LogP contribution in [0.1, 0.15) is 73.8 Å². The van der Waals surface area contributed by atoms with Crippen LogP contribution in [-0.2, 0) is 20.8 Å². The number of nitrogens with zero attached hydrogens (tertiary/aromatic N) is 1. The second kappa shape index (κ2) is 12.6. The first-order valence-electron chi connectivity index (χ1n) is 11.9. The molecule has 0 spiro atoms. The van der Waals surface area contributed by atoms with Gasteiger partial charge in [0.05, 0.1) is 0 Å². The number of carbonyl (C=O) groups is 3. The van der Waals surface area contributed by atoms with Gasteiger partial charge in [-0.05, 0) is 65.4 Å². The van der Waals surface area contributed by atoms with E-state index in [4.69, 9.17) is 9.47 Å². The summed E-state index contributed by atoms with van der Waals surface area (Å²) in [5.41, 5.74) is -0.600. The monoisotopic (exact) mass is 490 g/mol. The summed E-state index contributed by atoms with van der Waals surface area (Å²) in [7, 11) is 0. The molecule has 2 N–H and O–H groups in total. The molecule has 1 rings (SSSR count). The molecule has 0 heterocycles. The van der Waals surface area contributed by atoms with E-state index in [-0.39, 0.29) is 18.5 Å². The van der Waals surface area contributed by atoms with Gasteiger partial charge in [0.2, 0.25) is 0 Å². The molecule has 0 unspecified atom stereocenters. The van der Waals surface area contributed by atoms with E-state index in [0.717, 1.165) is 5.56 Å². The lowest BCUT2D eigenvalue weighted by atomic mass is 9.86. The maximum Gasteiger partial charge on any atom is 0.410 e. The van der Waals surface area contributed by atoms with Gasteiger partial charge in [-0.3, -0.25) is 0 Å². The zero-order valence-electron chi connectivity index (χ0n) is 22.4. The van der Waals surface area contributed by atoms with Gasteiger partial charge in [-0.2, -0.15) is 0 Å². The van der Waals surface area contributed by atoms with E-state index in [1.165, 1.54) is 0 Å². The van der Waals surface area contributed by atoms with Crippen molar-refractivity contribution in [3.63, 3.8) is 0 Å². The molecule has 0 bridgehead atoms. The molecule has 0 atom stereocenters. The molecule has 35 heavy (non-hydrogen) atoms. The van der Waals surface area contributed by atoms with Gasteiger partial charge >= 0.3 is 18.2 Å². The topological polar surface area (TPSA) is 105 Å². The number of benzene rings is 1. The zero-order chi connectivity index (χ0) is 26.9. The minimum atomic E-state index is -1.04. The average molecular weight is 491 g/mol. The lowest BCUT2D eigenvalue weighted by Gasteiger charge is -2.30. The van der Waals surface area contributed by atoms with Crippen molar-refractivity contribution in [3.05, 3.63) is 47.5 Å². The number of alkyl carbamates (subject to hydrolysis) is 1. The molecule has 0 aromatic heterocycles. The molecule has 0 fully saturated rings. The molecule has 2 amide bonds. The Hall–Kier alpha value is -3.03. The summed E-state index contributed by atoms with van der Waals surface area (Å²) in [5, 5.41) is 12.3. The van der Waals surface area contributed by atoms with E-state index in [1.54, 1.807) is 31.7 Å². The first-order chi connectivity index (χ1) is 16.0. The summed E-state index contributed by atoms with van der Waals surface area (Å²) in [5.74, 6) is -1.04. The third-order valence-corrected chi connectivity index (χ3v) is 4.80. The smallest absolute Gasteiger partial charge is 0.410 e. The van der Waals surface area contributed by atoms with Gasteiger partial charge in [-0.15, -0.1) is 0 Å². The van der Waals surface area contributed by atoms with Crippen LogP contribution in [0.25, 0.3) is 0 Å². The Bertz CT molecular complexity index is 879. The van der Waals surface area contributed by atoms with Crippen LogP contribution in [0, 0.1) is 5.41 Å². The Labute approximate surface area is 209 Å². The van der Waals surface area contributed by atoms with Crippen LogP contribution >= 0.6 is 0 Å². The number of carbonyl (C=O) groups excluding carboxylic acids is 2. The molecular weight excluding hydrogens is 448 g/mol. The van der Waals surface area contributed by atoms with Crippen molar-refractivity contribution in [1.82, 2.24) is 10.2 Å². The number of nitrogens with one attached hydrogen (secondary N) is 1.